The second-order valence-electron chi connectivity index (χ2n) is 7.69. The summed E-state index contributed by atoms with van der Waals surface area (Å²) in [4.78, 5) is 32.1. The van der Waals surface area contributed by atoms with Crippen LogP contribution in [0.4, 0.5) is 5.69 Å². The van der Waals surface area contributed by atoms with Crippen molar-refractivity contribution in [1.29, 1.82) is 0 Å². The topological polar surface area (TPSA) is 62.3 Å². The van der Waals surface area contributed by atoms with Crippen molar-refractivity contribution in [2.24, 2.45) is 0 Å². The van der Waals surface area contributed by atoms with E-state index in [0.717, 1.165) is 27.9 Å². The largest absolute Gasteiger partial charge is 0.350 e. The molecule has 1 N–H and O–H groups in total. The van der Waals surface area contributed by atoms with E-state index in [1.165, 1.54) is 4.90 Å². The van der Waals surface area contributed by atoms with E-state index in [1.54, 1.807) is 30.6 Å². The van der Waals surface area contributed by atoms with E-state index in [4.69, 9.17) is 11.6 Å². The zero-order chi connectivity index (χ0) is 22.1. The maximum atomic E-state index is 13.4. The number of nitrogens with one attached hydrogen (secondary N) is 1. The number of carbonyl (C=O) groups excluding carboxylic acids is 2. The number of pyridine rings is 1. The summed E-state index contributed by atoms with van der Waals surface area (Å²) in [5.41, 5.74) is 5.98. The number of benzene rings is 2. The van der Waals surface area contributed by atoms with Gasteiger partial charge in [0.2, 0.25) is 0 Å². The molecule has 0 radical (unpaired) electrons. The molecule has 4 rings (SSSR count). The Balaban J connectivity index is 1.79. The summed E-state index contributed by atoms with van der Waals surface area (Å²) < 4.78 is 0. The normalized spacial score (nSPS) is 13.9. The van der Waals surface area contributed by atoms with Crippen LogP contribution in [0.2, 0.25) is 5.02 Å². The second kappa shape index (κ2) is 8.36. The summed E-state index contributed by atoms with van der Waals surface area (Å²) in [5.74, 6) is -0.677. The molecular weight excluding hydrogens is 410 g/mol. The Morgan fingerprint density at radius 2 is 1.61 bits per heavy atom. The van der Waals surface area contributed by atoms with Crippen LogP contribution in [0.1, 0.15) is 27.8 Å². The van der Waals surface area contributed by atoms with Crippen molar-refractivity contribution in [2.75, 3.05) is 5.32 Å². The van der Waals surface area contributed by atoms with Gasteiger partial charge in [0.15, 0.2) is 0 Å². The van der Waals surface area contributed by atoms with Gasteiger partial charge < -0.3 is 5.32 Å². The first-order chi connectivity index (χ1) is 14.8. The molecule has 0 unspecified atom stereocenters. The molecule has 2 amide bonds. The highest BCUT2D eigenvalue weighted by Crippen LogP contribution is 2.33. The molecule has 3 aromatic rings. The molecule has 2 aromatic carbocycles. The van der Waals surface area contributed by atoms with Gasteiger partial charge in [0.1, 0.15) is 5.70 Å². The molecule has 1 aliphatic rings. The van der Waals surface area contributed by atoms with Crippen LogP contribution < -0.4 is 5.32 Å². The van der Waals surface area contributed by atoms with Crippen LogP contribution in [0, 0.1) is 20.8 Å². The molecule has 156 valence electrons. The van der Waals surface area contributed by atoms with Crippen molar-refractivity contribution in [3.05, 3.63) is 99.5 Å². The molecule has 0 fully saturated rings. The van der Waals surface area contributed by atoms with E-state index in [-0.39, 0.29) is 24.1 Å². The molecule has 0 spiro atoms. The zero-order valence-corrected chi connectivity index (χ0v) is 18.3. The number of aryl methyl sites for hydroxylation is 3. The van der Waals surface area contributed by atoms with Gasteiger partial charge in [0.05, 0.1) is 12.1 Å². The average Bonchev–Trinajstić information content (AvgIpc) is 2.97. The van der Waals surface area contributed by atoms with Crippen molar-refractivity contribution in [3.63, 3.8) is 0 Å². The first kappa shape index (κ1) is 20.8. The fourth-order valence-corrected chi connectivity index (χ4v) is 3.80. The number of nitrogens with zero attached hydrogens (tertiary/aromatic N) is 2. The first-order valence-electron chi connectivity index (χ1n) is 9.95. The number of anilines is 1. The number of aromatic nitrogens is 1. The lowest BCUT2D eigenvalue weighted by molar-refractivity contribution is -0.137. The highest BCUT2D eigenvalue weighted by Gasteiger charge is 2.39. The third-order valence-corrected chi connectivity index (χ3v) is 5.74. The van der Waals surface area contributed by atoms with E-state index in [2.05, 4.69) is 10.3 Å². The van der Waals surface area contributed by atoms with E-state index < -0.39 is 0 Å². The zero-order valence-electron chi connectivity index (χ0n) is 17.6. The van der Waals surface area contributed by atoms with E-state index >= 15 is 0 Å². The molecule has 0 saturated carbocycles. The fraction of sp³-hybridized carbons (Fsp3) is 0.160. The Bertz CT molecular complexity index is 1220. The van der Waals surface area contributed by atoms with Crippen molar-refractivity contribution >= 4 is 34.7 Å². The Morgan fingerprint density at radius 3 is 2.29 bits per heavy atom. The maximum absolute atomic E-state index is 13.4. The van der Waals surface area contributed by atoms with Gasteiger partial charge in [0.25, 0.3) is 11.8 Å². The summed E-state index contributed by atoms with van der Waals surface area (Å²) in [6, 6.07) is 14.8. The van der Waals surface area contributed by atoms with E-state index in [1.807, 2.05) is 51.1 Å². The van der Waals surface area contributed by atoms with Crippen LogP contribution in [0.3, 0.4) is 0 Å². The molecule has 1 aliphatic heterocycles. The molecule has 31 heavy (non-hydrogen) atoms. The Hall–Kier alpha value is -3.44. The van der Waals surface area contributed by atoms with E-state index in [9.17, 15) is 9.59 Å². The molecule has 5 nitrogen and oxygen atoms in total. The molecule has 0 atom stereocenters. The van der Waals surface area contributed by atoms with Crippen LogP contribution in [0.5, 0.6) is 0 Å². The molecule has 6 heteroatoms. The second-order valence-corrected chi connectivity index (χ2v) is 8.12. The van der Waals surface area contributed by atoms with Crippen molar-refractivity contribution in [2.45, 2.75) is 27.3 Å². The summed E-state index contributed by atoms with van der Waals surface area (Å²) in [5, 5.41) is 3.82. The Kier molecular flexibility index (Phi) is 5.61. The number of rotatable bonds is 5. The van der Waals surface area contributed by atoms with Gasteiger partial charge in [-0.05, 0) is 78.9 Å². The lowest BCUT2D eigenvalue weighted by Crippen LogP contribution is -2.32. The Morgan fingerprint density at radius 1 is 0.871 bits per heavy atom. The molecule has 0 saturated heterocycles. The first-order valence-corrected chi connectivity index (χ1v) is 10.3. The van der Waals surface area contributed by atoms with Gasteiger partial charge in [0, 0.05) is 23.1 Å². The SMILES string of the molecule is Cc1ccc(C2=C(Nc3ccc(Cl)cc3C)C(=O)N(Cc3ccncc3)C2=O)cc1C. The smallest absolute Gasteiger partial charge is 0.278 e. The van der Waals surface area contributed by atoms with Crippen LogP contribution in [0.25, 0.3) is 5.57 Å². The third kappa shape index (κ3) is 4.09. The predicted octanol–water partition coefficient (Wildman–Crippen LogP) is 5.05. The highest BCUT2D eigenvalue weighted by molar-refractivity contribution is 6.36. The number of imide groups is 1. The van der Waals surface area contributed by atoms with Gasteiger partial charge in [-0.15, -0.1) is 0 Å². The Labute approximate surface area is 186 Å². The van der Waals surface area contributed by atoms with Gasteiger partial charge in [-0.1, -0.05) is 29.8 Å². The fourth-order valence-electron chi connectivity index (χ4n) is 3.57. The van der Waals surface area contributed by atoms with Crippen LogP contribution in [-0.2, 0) is 16.1 Å². The highest BCUT2D eigenvalue weighted by atomic mass is 35.5. The number of hydrogen-bond acceptors (Lipinski definition) is 4. The number of hydrogen-bond donors (Lipinski definition) is 1. The molecule has 0 aliphatic carbocycles. The quantitative estimate of drug-likeness (QED) is 0.574. The van der Waals surface area contributed by atoms with Gasteiger partial charge >= 0.3 is 0 Å². The van der Waals surface area contributed by atoms with Gasteiger partial charge in [-0.3, -0.25) is 19.5 Å². The van der Waals surface area contributed by atoms with Crippen molar-refractivity contribution in [3.8, 4) is 0 Å². The molecular formula is C25H22ClN3O2. The lowest BCUT2D eigenvalue weighted by atomic mass is 9.99. The van der Waals surface area contributed by atoms with E-state index in [0.29, 0.717) is 16.2 Å². The average molecular weight is 432 g/mol. The molecule has 1 aromatic heterocycles. The van der Waals surface area contributed by atoms with Crippen LogP contribution >= 0.6 is 11.6 Å². The monoisotopic (exact) mass is 431 g/mol. The molecule has 0 bridgehead atoms. The number of carbonyl (C=O) groups is 2. The summed E-state index contributed by atoms with van der Waals surface area (Å²) >= 11 is 6.08. The van der Waals surface area contributed by atoms with Crippen molar-refractivity contribution in [1.82, 2.24) is 9.88 Å². The predicted molar refractivity (Wildman–Crippen MR) is 122 cm³/mol. The summed E-state index contributed by atoms with van der Waals surface area (Å²) in [6.07, 6.45) is 3.29. The summed E-state index contributed by atoms with van der Waals surface area (Å²) in [7, 11) is 0. The standard InChI is InChI=1S/C25H22ClN3O2/c1-15-4-5-19(12-16(15)2)22-23(28-21-7-6-20(26)13-17(21)3)25(31)29(24(22)30)14-18-8-10-27-11-9-18/h4-13,28H,14H2,1-3H3. The maximum Gasteiger partial charge on any atom is 0.278 e. The minimum Gasteiger partial charge on any atom is -0.350 e. The van der Waals surface area contributed by atoms with Gasteiger partial charge in [-0.25, -0.2) is 0 Å². The molecule has 2 heterocycles. The minimum absolute atomic E-state index is 0.180. The number of halogens is 1. The number of amides is 2. The lowest BCUT2D eigenvalue weighted by Gasteiger charge is -2.15. The summed E-state index contributed by atoms with van der Waals surface area (Å²) in [6.45, 7) is 6.09. The van der Waals surface area contributed by atoms with Crippen LogP contribution in [-0.4, -0.2) is 21.7 Å². The third-order valence-electron chi connectivity index (χ3n) is 5.50. The van der Waals surface area contributed by atoms with Crippen molar-refractivity contribution < 1.29 is 9.59 Å². The minimum atomic E-state index is -0.357. The van der Waals surface area contributed by atoms with Gasteiger partial charge in [-0.2, -0.15) is 0 Å². The van der Waals surface area contributed by atoms with Crippen LogP contribution in [0.15, 0.2) is 66.6 Å².